The second-order valence-electron chi connectivity index (χ2n) is 5.42. The topological polar surface area (TPSA) is 49.3 Å². The van der Waals surface area contributed by atoms with Crippen molar-refractivity contribution >= 4 is 17.7 Å². The first-order chi connectivity index (χ1) is 11.2. The van der Waals surface area contributed by atoms with Crippen molar-refractivity contribution in [1.29, 1.82) is 0 Å². The maximum atomic E-state index is 12.4. The molecule has 0 saturated heterocycles. The predicted octanol–water partition coefficient (Wildman–Crippen LogP) is 3.55. The molecule has 0 heterocycles. The number of hydrogen-bond donors (Lipinski definition) is 2. The zero-order valence-electron chi connectivity index (χ0n) is 13.3. The van der Waals surface area contributed by atoms with Crippen molar-refractivity contribution in [2.45, 2.75) is 30.4 Å². The lowest BCUT2D eigenvalue weighted by Crippen LogP contribution is -2.34. The molecule has 0 bridgehead atoms. The summed E-state index contributed by atoms with van der Waals surface area (Å²) in [5.74, 6) is 0.819. The van der Waals surface area contributed by atoms with E-state index in [-0.39, 0.29) is 23.8 Å². The first-order valence-electron chi connectivity index (χ1n) is 7.82. The van der Waals surface area contributed by atoms with Gasteiger partial charge in [0.2, 0.25) is 5.91 Å². The highest BCUT2D eigenvalue weighted by molar-refractivity contribution is 7.99. The molecule has 0 spiro atoms. The van der Waals surface area contributed by atoms with E-state index >= 15 is 0 Å². The summed E-state index contributed by atoms with van der Waals surface area (Å²) in [6.45, 7) is 1.97. The van der Waals surface area contributed by atoms with Crippen molar-refractivity contribution in [3.63, 3.8) is 0 Å². The van der Waals surface area contributed by atoms with Gasteiger partial charge in [-0.1, -0.05) is 60.7 Å². The molecule has 2 rings (SSSR count). The third-order valence-electron chi connectivity index (χ3n) is 3.65. The molecule has 0 aliphatic rings. The summed E-state index contributed by atoms with van der Waals surface area (Å²) in [7, 11) is 0. The highest BCUT2D eigenvalue weighted by Gasteiger charge is 2.19. The molecule has 0 aliphatic carbocycles. The molecule has 2 N–H and O–H groups in total. The zero-order valence-corrected chi connectivity index (χ0v) is 14.1. The molecule has 0 aromatic heterocycles. The largest absolute Gasteiger partial charge is 0.396 e. The fourth-order valence-corrected chi connectivity index (χ4v) is 3.15. The van der Waals surface area contributed by atoms with Crippen LogP contribution in [-0.2, 0) is 10.5 Å². The van der Waals surface area contributed by atoms with Crippen LogP contribution in [0.15, 0.2) is 60.7 Å². The molecule has 1 amide bonds. The molecular weight excluding hydrogens is 306 g/mol. The zero-order chi connectivity index (χ0) is 16.5. The van der Waals surface area contributed by atoms with Crippen molar-refractivity contribution in [2.75, 3.05) is 6.61 Å². The van der Waals surface area contributed by atoms with Crippen molar-refractivity contribution in [2.24, 2.45) is 0 Å². The molecule has 2 aromatic rings. The van der Waals surface area contributed by atoms with E-state index in [1.807, 2.05) is 55.5 Å². The van der Waals surface area contributed by atoms with Gasteiger partial charge in [-0.3, -0.25) is 4.79 Å². The summed E-state index contributed by atoms with van der Waals surface area (Å²) >= 11 is 1.62. The number of aliphatic hydroxyl groups is 1. The smallest absolute Gasteiger partial charge is 0.233 e. The van der Waals surface area contributed by atoms with E-state index in [9.17, 15) is 9.90 Å². The Kier molecular flexibility index (Phi) is 7.17. The quantitative estimate of drug-likeness (QED) is 0.779. The van der Waals surface area contributed by atoms with Crippen LogP contribution in [0, 0.1) is 0 Å². The fraction of sp³-hybridized carbons (Fsp3) is 0.316. The van der Waals surface area contributed by atoms with Crippen molar-refractivity contribution in [3.8, 4) is 0 Å². The molecular formula is C19H23NO2S. The second kappa shape index (κ2) is 9.38. The highest BCUT2D eigenvalue weighted by atomic mass is 32.2. The lowest BCUT2D eigenvalue weighted by Gasteiger charge is -2.21. The van der Waals surface area contributed by atoms with Gasteiger partial charge in [0.25, 0.3) is 0 Å². The number of nitrogens with one attached hydrogen (secondary N) is 1. The lowest BCUT2D eigenvalue weighted by atomic mass is 10.0. The monoisotopic (exact) mass is 329 g/mol. The number of rotatable bonds is 8. The standard InChI is InChI=1S/C19H23NO2S/c1-15(23-14-16-8-4-2-5-9-16)19(22)20-18(12-13-21)17-10-6-3-7-11-17/h2-11,15,18,21H,12-14H2,1H3,(H,20,22). The van der Waals surface area contributed by atoms with E-state index in [4.69, 9.17) is 0 Å². The van der Waals surface area contributed by atoms with Crippen LogP contribution >= 0.6 is 11.8 Å². The molecule has 4 heteroatoms. The van der Waals surface area contributed by atoms with Gasteiger partial charge in [0.15, 0.2) is 0 Å². The van der Waals surface area contributed by atoms with Crippen LogP contribution in [0.4, 0.5) is 0 Å². The van der Waals surface area contributed by atoms with Gasteiger partial charge in [0.1, 0.15) is 0 Å². The second-order valence-corrected chi connectivity index (χ2v) is 6.75. The summed E-state index contributed by atoms with van der Waals surface area (Å²) in [6, 6.07) is 19.8. The molecule has 2 unspecified atom stereocenters. The van der Waals surface area contributed by atoms with E-state index in [2.05, 4.69) is 17.4 Å². The van der Waals surface area contributed by atoms with Crippen molar-refractivity contribution in [1.82, 2.24) is 5.32 Å². The van der Waals surface area contributed by atoms with Crippen LogP contribution in [-0.4, -0.2) is 22.9 Å². The van der Waals surface area contributed by atoms with Gasteiger partial charge in [-0.15, -0.1) is 11.8 Å². The predicted molar refractivity (Wildman–Crippen MR) is 96.2 cm³/mol. The number of carbonyl (C=O) groups excluding carboxylic acids is 1. The maximum absolute atomic E-state index is 12.4. The first kappa shape index (κ1) is 17.6. The van der Waals surface area contributed by atoms with Crippen LogP contribution in [0.25, 0.3) is 0 Å². The number of amides is 1. The Hall–Kier alpha value is -1.78. The van der Waals surface area contributed by atoms with Gasteiger partial charge in [-0.05, 0) is 24.5 Å². The normalized spacial score (nSPS) is 13.3. The van der Waals surface area contributed by atoms with E-state index in [0.717, 1.165) is 11.3 Å². The molecule has 0 aliphatic heterocycles. The Morgan fingerprint density at radius 3 is 2.30 bits per heavy atom. The van der Waals surface area contributed by atoms with E-state index in [1.54, 1.807) is 11.8 Å². The van der Waals surface area contributed by atoms with E-state index in [1.165, 1.54) is 5.56 Å². The van der Waals surface area contributed by atoms with E-state index < -0.39 is 0 Å². The molecule has 2 aromatic carbocycles. The van der Waals surface area contributed by atoms with E-state index in [0.29, 0.717) is 6.42 Å². The van der Waals surface area contributed by atoms with Gasteiger partial charge in [0.05, 0.1) is 11.3 Å². The van der Waals surface area contributed by atoms with Gasteiger partial charge >= 0.3 is 0 Å². The third-order valence-corrected chi connectivity index (χ3v) is 4.86. The van der Waals surface area contributed by atoms with Gasteiger partial charge in [0, 0.05) is 12.4 Å². The molecule has 0 saturated carbocycles. The van der Waals surface area contributed by atoms with Crippen LogP contribution in [0.2, 0.25) is 0 Å². The van der Waals surface area contributed by atoms with Crippen molar-refractivity contribution < 1.29 is 9.90 Å². The summed E-state index contributed by atoms with van der Waals surface area (Å²) in [5, 5.41) is 12.2. The number of benzene rings is 2. The minimum atomic E-state index is -0.145. The fourth-order valence-electron chi connectivity index (χ4n) is 2.30. The van der Waals surface area contributed by atoms with Crippen LogP contribution in [0.3, 0.4) is 0 Å². The van der Waals surface area contributed by atoms with Crippen molar-refractivity contribution in [3.05, 3.63) is 71.8 Å². The Balaban J connectivity index is 1.90. The Morgan fingerprint density at radius 2 is 1.70 bits per heavy atom. The summed E-state index contributed by atoms with van der Waals surface area (Å²) < 4.78 is 0. The molecule has 3 nitrogen and oxygen atoms in total. The molecule has 2 atom stereocenters. The minimum absolute atomic E-state index is 0.00762. The Morgan fingerprint density at radius 1 is 1.09 bits per heavy atom. The molecule has 122 valence electrons. The number of aliphatic hydroxyl groups excluding tert-OH is 1. The summed E-state index contributed by atoms with van der Waals surface area (Å²) in [4.78, 5) is 12.4. The average molecular weight is 329 g/mol. The van der Waals surface area contributed by atoms with Crippen LogP contribution in [0.5, 0.6) is 0 Å². The Labute approximate surface area is 142 Å². The van der Waals surface area contributed by atoms with Crippen LogP contribution in [0.1, 0.15) is 30.5 Å². The Bertz CT molecular complexity index is 589. The SMILES string of the molecule is CC(SCc1ccccc1)C(=O)NC(CCO)c1ccccc1. The number of carbonyl (C=O) groups is 1. The molecule has 23 heavy (non-hydrogen) atoms. The minimum Gasteiger partial charge on any atom is -0.396 e. The van der Waals surface area contributed by atoms with Gasteiger partial charge < -0.3 is 10.4 Å². The van der Waals surface area contributed by atoms with Gasteiger partial charge in [-0.25, -0.2) is 0 Å². The third kappa shape index (κ3) is 5.73. The number of thioether (sulfide) groups is 1. The highest BCUT2D eigenvalue weighted by Crippen LogP contribution is 2.20. The first-order valence-corrected chi connectivity index (χ1v) is 8.87. The van der Waals surface area contributed by atoms with Gasteiger partial charge in [-0.2, -0.15) is 0 Å². The van der Waals surface area contributed by atoms with Crippen LogP contribution < -0.4 is 5.32 Å². The lowest BCUT2D eigenvalue weighted by molar-refractivity contribution is -0.121. The molecule has 0 fully saturated rings. The summed E-state index contributed by atoms with van der Waals surface area (Å²) in [5.41, 5.74) is 2.24. The maximum Gasteiger partial charge on any atom is 0.233 e. The average Bonchev–Trinajstić information content (AvgIpc) is 2.61. The molecule has 0 radical (unpaired) electrons. The summed E-state index contributed by atoms with van der Waals surface area (Å²) in [6.07, 6.45) is 0.520. The number of hydrogen-bond acceptors (Lipinski definition) is 3.